The molecule has 4 rings (SSSR count). The molecule has 0 saturated carbocycles. The highest BCUT2D eigenvalue weighted by molar-refractivity contribution is 5.31. The lowest BCUT2D eigenvalue weighted by Gasteiger charge is -2.39. The molecular weight excluding hydrogens is 304 g/mol. The smallest absolute Gasteiger partial charge is 0.225 e. The van der Waals surface area contributed by atoms with E-state index >= 15 is 0 Å². The molecule has 1 spiro atoms. The first-order chi connectivity index (χ1) is 11.8. The summed E-state index contributed by atoms with van der Waals surface area (Å²) >= 11 is 0. The second kappa shape index (κ2) is 6.83. The first-order valence-corrected chi connectivity index (χ1v) is 8.49. The van der Waals surface area contributed by atoms with Crippen LogP contribution in [-0.2, 0) is 16.1 Å². The number of ether oxygens (including phenoxy) is 2. The molecule has 6 nitrogen and oxygen atoms in total. The molecule has 0 N–H and O–H groups in total. The van der Waals surface area contributed by atoms with Crippen LogP contribution in [0.4, 0.5) is 5.95 Å². The van der Waals surface area contributed by atoms with Crippen LogP contribution in [0.5, 0.6) is 0 Å². The Morgan fingerprint density at radius 1 is 1.25 bits per heavy atom. The molecule has 6 heteroatoms. The summed E-state index contributed by atoms with van der Waals surface area (Å²) in [5.41, 5.74) is 0.971. The molecule has 2 fully saturated rings. The lowest BCUT2D eigenvalue weighted by Crippen LogP contribution is -2.48. The Kier molecular flexibility index (Phi) is 4.40. The number of hydrogen-bond donors (Lipinski definition) is 0. The van der Waals surface area contributed by atoms with Gasteiger partial charge in [0, 0.05) is 44.3 Å². The van der Waals surface area contributed by atoms with Crippen LogP contribution in [-0.4, -0.2) is 46.4 Å². The molecular formula is C18H22N4O2. The number of pyridine rings is 1. The number of nitrogens with zero attached hydrogens (tertiary/aromatic N) is 4. The third-order valence-electron chi connectivity index (χ3n) is 4.76. The zero-order valence-electron chi connectivity index (χ0n) is 13.7. The Hall–Kier alpha value is -2.05. The Bertz CT molecular complexity index is 655. The Morgan fingerprint density at radius 3 is 3.00 bits per heavy atom. The molecule has 0 radical (unpaired) electrons. The Morgan fingerprint density at radius 2 is 2.17 bits per heavy atom. The van der Waals surface area contributed by atoms with Gasteiger partial charge in [0.2, 0.25) is 5.95 Å². The van der Waals surface area contributed by atoms with Crippen molar-refractivity contribution in [2.45, 2.75) is 37.6 Å². The molecule has 2 aliphatic heterocycles. The van der Waals surface area contributed by atoms with Crippen molar-refractivity contribution in [1.29, 1.82) is 0 Å². The standard InChI is InChI=1S/C18H22N4O2/c1-4-15(11-19-6-1)12-23-16-10-18(24-13-16)5-2-9-22(14-18)17-20-7-3-8-21-17/h1,3-4,6-8,11,16H,2,5,9-10,12-14H2/t16-,18-/m1/s1. The van der Waals surface area contributed by atoms with E-state index in [0.29, 0.717) is 13.2 Å². The van der Waals surface area contributed by atoms with Gasteiger partial charge in [-0.25, -0.2) is 9.97 Å². The van der Waals surface area contributed by atoms with Crippen molar-refractivity contribution < 1.29 is 9.47 Å². The van der Waals surface area contributed by atoms with Gasteiger partial charge in [0.1, 0.15) is 0 Å². The monoisotopic (exact) mass is 326 g/mol. The molecule has 2 aromatic rings. The second-order valence-electron chi connectivity index (χ2n) is 6.57. The fraction of sp³-hybridized carbons (Fsp3) is 0.500. The Balaban J connectivity index is 1.36. The van der Waals surface area contributed by atoms with Crippen molar-refractivity contribution in [1.82, 2.24) is 15.0 Å². The van der Waals surface area contributed by atoms with E-state index in [1.807, 2.05) is 24.4 Å². The summed E-state index contributed by atoms with van der Waals surface area (Å²) in [6, 6.07) is 5.81. The summed E-state index contributed by atoms with van der Waals surface area (Å²) in [5.74, 6) is 0.792. The molecule has 2 aliphatic rings. The quantitative estimate of drug-likeness (QED) is 0.858. The minimum atomic E-state index is -0.128. The van der Waals surface area contributed by atoms with Gasteiger partial charge < -0.3 is 14.4 Å². The van der Waals surface area contributed by atoms with Crippen LogP contribution in [0.2, 0.25) is 0 Å². The van der Waals surface area contributed by atoms with Crippen LogP contribution < -0.4 is 4.90 Å². The van der Waals surface area contributed by atoms with Crippen LogP contribution in [0.3, 0.4) is 0 Å². The lowest BCUT2D eigenvalue weighted by atomic mass is 9.89. The molecule has 0 aromatic carbocycles. The van der Waals surface area contributed by atoms with Gasteiger partial charge in [-0.05, 0) is 30.5 Å². The van der Waals surface area contributed by atoms with Crippen LogP contribution in [0, 0.1) is 0 Å². The van der Waals surface area contributed by atoms with Crippen molar-refractivity contribution >= 4 is 5.95 Å². The molecule has 2 atom stereocenters. The van der Waals surface area contributed by atoms with Crippen LogP contribution >= 0.6 is 0 Å². The van der Waals surface area contributed by atoms with E-state index in [4.69, 9.17) is 9.47 Å². The van der Waals surface area contributed by atoms with E-state index in [-0.39, 0.29) is 11.7 Å². The summed E-state index contributed by atoms with van der Waals surface area (Å²) in [4.78, 5) is 15.1. The van der Waals surface area contributed by atoms with Crippen molar-refractivity contribution in [2.24, 2.45) is 0 Å². The average Bonchev–Trinajstić information content (AvgIpc) is 3.04. The largest absolute Gasteiger partial charge is 0.371 e. The fourth-order valence-electron chi connectivity index (χ4n) is 3.61. The zero-order valence-corrected chi connectivity index (χ0v) is 13.7. The highest BCUT2D eigenvalue weighted by Crippen LogP contribution is 2.36. The van der Waals surface area contributed by atoms with E-state index in [1.165, 1.54) is 0 Å². The first-order valence-electron chi connectivity index (χ1n) is 8.49. The number of rotatable bonds is 4. The average molecular weight is 326 g/mol. The van der Waals surface area contributed by atoms with E-state index in [1.54, 1.807) is 18.6 Å². The molecule has 0 aliphatic carbocycles. The molecule has 0 bridgehead atoms. The molecule has 2 aromatic heterocycles. The zero-order chi connectivity index (χ0) is 16.2. The maximum absolute atomic E-state index is 6.20. The highest BCUT2D eigenvalue weighted by Gasteiger charge is 2.44. The van der Waals surface area contributed by atoms with Crippen LogP contribution in [0.15, 0.2) is 43.0 Å². The molecule has 0 unspecified atom stereocenters. The fourth-order valence-corrected chi connectivity index (χ4v) is 3.61. The van der Waals surface area contributed by atoms with Gasteiger partial charge in [0.05, 0.1) is 24.9 Å². The molecule has 0 amide bonds. The van der Waals surface area contributed by atoms with Crippen LogP contribution in [0.25, 0.3) is 0 Å². The molecule has 2 saturated heterocycles. The first kappa shape index (κ1) is 15.5. The maximum atomic E-state index is 6.20. The van der Waals surface area contributed by atoms with Gasteiger partial charge in [-0.1, -0.05) is 6.07 Å². The van der Waals surface area contributed by atoms with Crippen molar-refractivity contribution in [3.63, 3.8) is 0 Å². The molecule has 126 valence electrons. The molecule has 24 heavy (non-hydrogen) atoms. The van der Waals surface area contributed by atoms with Gasteiger partial charge in [-0.15, -0.1) is 0 Å². The van der Waals surface area contributed by atoms with Gasteiger partial charge in [0.15, 0.2) is 0 Å². The van der Waals surface area contributed by atoms with E-state index in [0.717, 1.165) is 43.9 Å². The number of piperidine rings is 1. The van der Waals surface area contributed by atoms with E-state index < -0.39 is 0 Å². The van der Waals surface area contributed by atoms with Gasteiger partial charge >= 0.3 is 0 Å². The summed E-state index contributed by atoms with van der Waals surface area (Å²) in [7, 11) is 0. The van der Waals surface area contributed by atoms with Gasteiger partial charge in [-0.2, -0.15) is 0 Å². The van der Waals surface area contributed by atoms with Crippen LogP contribution in [0.1, 0.15) is 24.8 Å². The minimum Gasteiger partial charge on any atom is -0.371 e. The second-order valence-corrected chi connectivity index (χ2v) is 6.57. The maximum Gasteiger partial charge on any atom is 0.225 e. The SMILES string of the molecule is c1cnc(N2CCC[C@@]3(C[C@@H](OCc4cccnc4)CO3)C2)nc1. The topological polar surface area (TPSA) is 60.4 Å². The highest BCUT2D eigenvalue weighted by atomic mass is 16.6. The van der Waals surface area contributed by atoms with Gasteiger partial charge in [0.25, 0.3) is 0 Å². The predicted molar refractivity (Wildman–Crippen MR) is 89.6 cm³/mol. The van der Waals surface area contributed by atoms with E-state index in [9.17, 15) is 0 Å². The normalized spacial score (nSPS) is 26.8. The predicted octanol–water partition coefficient (Wildman–Crippen LogP) is 2.22. The van der Waals surface area contributed by atoms with Gasteiger partial charge in [-0.3, -0.25) is 4.98 Å². The van der Waals surface area contributed by atoms with E-state index in [2.05, 4.69) is 19.9 Å². The number of anilines is 1. The van der Waals surface area contributed by atoms with Crippen molar-refractivity contribution in [3.8, 4) is 0 Å². The number of hydrogen-bond acceptors (Lipinski definition) is 6. The molecule has 4 heterocycles. The van der Waals surface area contributed by atoms with Crippen molar-refractivity contribution in [2.75, 3.05) is 24.6 Å². The lowest BCUT2D eigenvalue weighted by molar-refractivity contribution is -0.0138. The number of aromatic nitrogens is 3. The summed E-state index contributed by atoms with van der Waals surface area (Å²) in [5, 5.41) is 0. The Labute approximate surface area is 141 Å². The summed E-state index contributed by atoms with van der Waals surface area (Å²) in [6.07, 6.45) is 10.4. The minimum absolute atomic E-state index is 0.128. The summed E-state index contributed by atoms with van der Waals surface area (Å²) < 4.78 is 12.2. The third kappa shape index (κ3) is 3.39. The van der Waals surface area contributed by atoms with Crippen molar-refractivity contribution in [3.05, 3.63) is 48.5 Å². The summed E-state index contributed by atoms with van der Waals surface area (Å²) in [6.45, 7) is 3.06. The third-order valence-corrected chi connectivity index (χ3v) is 4.76.